The second-order valence-electron chi connectivity index (χ2n) is 18.0. The highest BCUT2D eigenvalue weighted by molar-refractivity contribution is 7.99. The van der Waals surface area contributed by atoms with Crippen molar-refractivity contribution in [3.05, 3.63) is 90.0 Å². The van der Waals surface area contributed by atoms with Crippen LogP contribution < -0.4 is 10.6 Å². The molecule has 3 saturated carbocycles. The Bertz CT molecular complexity index is 2330. The number of fused-ring (bicyclic) bond motifs is 7. The summed E-state index contributed by atoms with van der Waals surface area (Å²) in [5, 5.41) is 28.8. The fourth-order valence-electron chi connectivity index (χ4n) is 11.2. The van der Waals surface area contributed by atoms with Crippen molar-refractivity contribution >= 4 is 53.1 Å². The maximum absolute atomic E-state index is 17.7. The van der Waals surface area contributed by atoms with E-state index in [-0.39, 0.29) is 89.0 Å². The number of aliphatic hydroxyl groups is 2. The Balaban J connectivity index is 0.801. The van der Waals surface area contributed by atoms with E-state index < -0.39 is 82.3 Å². The third-order valence-corrected chi connectivity index (χ3v) is 15.4. The number of anilines is 1. The summed E-state index contributed by atoms with van der Waals surface area (Å²) in [6, 6.07) is 14.6. The van der Waals surface area contributed by atoms with Gasteiger partial charge in [0.2, 0.25) is 11.8 Å². The molecule has 352 valence electrons. The molecule has 4 N–H and O–H groups in total. The van der Waals surface area contributed by atoms with Crippen molar-refractivity contribution in [3.8, 4) is 0 Å². The van der Waals surface area contributed by atoms with Crippen LogP contribution in [0.1, 0.15) is 57.8 Å². The Labute approximate surface area is 384 Å². The lowest BCUT2D eigenvalue weighted by atomic mass is 9.44. The first-order valence-electron chi connectivity index (χ1n) is 22.1. The minimum Gasteiger partial charge on any atom is -0.390 e. The molecule has 8 rings (SSSR count). The van der Waals surface area contributed by atoms with Gasteiger partial charge in [0.25, 0.3) is 11.8 Å². The summed E-state index contributed by atoms with van der Waals surface area (Å²) in [5.74, 6) is -3.54. The number of nitrogens with one attached hydrogen (secondary N) is 2. The van der Waals surface area contributed by atoms with Crippen LogP contribution in [-0.4, -0.2) is 126 Å². The summed E-state index contributed by atoms with van der Waals surface area (Å²) in [6.07, 6.45) is -0.681. The molecular formula is C48H53F2N3O12S. The van der Waals surface area contributed by atoms with Crippen molar-refractivity contribution in [1.29, 1.82) is 0 Å². The number of hydrogen-bond acceptors (Lipinski definition) is 13. The number of hydrogen-bond donors (Lipinski definition) is 4. The van der Waals surface area contributed by atoms with Gasteiger partial charge >= 0.3 is 0 Å². The molecule has 15 nitrogen and oxygen atoms in total. The number of benzene rings is 2. The summed E-state index contributed by atoms with van der Waals surface area (Å²) >= 11 is 1.45. The number of nitrogens with zero attached hydrogens (tertiary/aromatic N) is 1. The molecule has 2 aromatic rings. The van der Waals surface area contributed by atoms with Gasteiger partial charge in [0.15, 0.2) is 24.0 Å². The normalized spacial score (nSPS) is 33.5. The van der Waals surface area contributed by atoms with Gasteiger partial charge in [-0.05, 0) is 80.2 Å². The third kappa shape index (κ3) is 8.49. The predicted octanol–water partition coefficient (Wildman–Crippen LogP) is 4.27. The highest BCUT2D eigenvalue weighted by Crippen LogP contribution is 2.73. The van der Waals surface area contributed by atoms with E-state index >= 15 is 8.78 Å². The van der Waals surface area contributed by atoms with Crippen LogP contribution >= 0.6 is 11.8 Å². The van der Waals surface area contributed by atoms with Gasteiger partial charge in [-0.15, -0.1) is 0 Å². The second kappa shape index (κ2) is 19.0. The Kier molecular flexibility index (Phi) is 13.7. The van der Waals surface area contributed by atoms with Crippen LogP contribution in [0.25, 0.3) is 0 Å². The van der Waals surface area contributed by atoms with Crippen LogP contribution in [0.5, 0.6) is 0 Å². The molecule has 2 aromatic carbocycles. The maximum Gasteiger partial charge on any atom is 0.253 e. The lowest BCUT2D eigenvalue weighted by Crippen LogP contribution is -2.71. The highest BCUT2D eigenvalue weighted by Gasteiger charge is 2.79. The summed E-state index contributed by atoms with van der Waals surface area (Å²) < 4.78 is 57.8. The second-order valence-corrected chi connectivity index (χ2v) is 19.2. The number of carbonyl (C=O) groups is 6. The largest absolute Gasteiger partial charge is 0.390 e. The molecule has 0 unspecified atom stereocenters. The molecule has 0 aromatic heterocycles. The van der Waals surface area contributed by atoms with Crippen LogP contribution in [0, 0.1) is 22.7 Å². The number of rotatable bonds is 18. The Hall–Kier alpha value is -4.95. The first-order chi connectivity index (χ1) is 31.5. The van der Waals surface area contributed by atoms with E-state index in [0.717, 1.165) is 20.8 Å². The van der Waals surface area contributed by atoms with E-state index in [4.69, 9.17) is 18.9 Å². The Morgan fingerprint density at radius 1 is 0.955 bits per heavy atom. The summed E-state index contributed by atoms with van der Waals surface area (Å²) in [5.41, 5.74) is -5.59. The monoisotopic (exact) mass is 933 g/mol. The van der Waals surface area contributed by atoms with Crippen molar-refractivity contribution in [1.82, 2.24) is 10.2 Å². The Morgan fingerprint density at radius 2 is 1.68 bits per heavy atom. The highest BCUT2D eigenvalue weighted by atomic mass is 32.2. The number of imide groups is 1. The summed E-state index contributed by atoms with van der Waals surface area (Å²) in [7, 11) is 0. The minimum atomic E-state index is -2.34. The topological polar surface area (TPSA) is 207 Å². The summed E-state index contributed by atoms with van der Waals surface area (Å²) in [6.45, 7) is 4.43. The van der Waals surface area contributed by atoms with E-state index in [1.165, 1.54) is 43.0 Å². The molecule has 2 aliphatic heterocycles. The van der Waals surface area contributed by atoms with Gasteiger partial charge in [-0.3, -0.25) is 28.9 Å². The van der Waals surface area contributed by atoms with Gasteiger partial charge in [0, 0.05) is 69.5 Å². The van der Waals surface area contributed by atoms with Crippen molar-refractivity contribution in [2.75, 3.05) is 44.8 Å². The molecule has 4 aliphatic carbocycles. The van der Waals surface area contributed by atoms with E-state index in [1.807, 2.05) is 30.3 Å². The van der Waals surface area contributed by atoms with Crippen molar-refractivity contribution in [2.45, 2.75) is 97.8 Å². The van der Waals surface area contributed by atoms with E-state index in [1.54, 1.807) is 25.1 Å². The fraction of sp³-hybridized carbons (Fsp3) is 0.500. The zero-order valence-corrected chi connectivity index (χ0v) is 37.3. The zero-order chi connectivity index (χ0) is 47.0. The molecule has 2 heterocycles. The van der Waals surface area contributed by atoms with E-state index in [2.05, 4.69) is 10.6 Å². The van der Waals surface area contributed by atoms with Crippen LogP contribution in [0.2, 0.25) is 0 Å². The molecule has 4 fully saturated rings. The number of ether oxygens (including phenoxy) is 4. The fourth-order valence-corrected chi connectivity index (χ4v) is 12.0. The quantitative estimate of drug-likeness (QED) is 0.0938. The predicted molar refractivity (Wildman–Crippen MR) is 233 cm³/mol. The van der Waals surface area contributed by atoms with Crippen LogP contribution in [0.3, 0.4) is 0 Å². The average Bonchev–Trinajstić information content (AvgIpc) is 3.92. The van der Waals surface area contributed by atoms with Gasteiger partial charge in [-0.1, -0.05) is 43.0 Å². The van der Waals surface area contributed by atoms with Gasteiger partial charge in [0.05, 0.1) is 45.1 Å². The molecular weight excluding hydrogens is 881 g/mol. The summed E-state index contributed by atoms with van der Waals surface area (Å²) in [4.78, 5) is 75.1. The van der Waals surface area contributed by atoms with Gasteiger partial charge in [0.1, 0.15) is 17.9 Å². The molecule has 6 aliphatic rings. The SMILES string of the molecule is C[C@]12C=CC(=O)C=C1[C@@H](F)C[C@H]1[C@@H]3C[C@H]4O[C@@H](c5ccc(Sc6cccc(NC(=O)CCOCCOCCNC(=O)CCN7C(=O)C=CC7=O)c6)cc5)O[C@@]4([C@@H](O)C=O)[C@@]3(C)C[C@H](O)[C@@]12F. The number of halogens is 2. The molecule has 1 saturated heterocycles. The van der Waals surface area contributed by atoms with Crippen LogP contribution in [-0.2, 0) is 47.7 Å². The maximum atomic E-state index is 17.7. The van der Waals surface area contributed by atoms with Crippen molar-refractivity contribution in [2.24, 2.45) is 22.7 Å². The molecule has 0 radical (unpaired) electrons. The molecule has 18 heteroatoms. The van der Waals surface area contributed by atoms with Crippen molar-refractivity contribution < 1.29 is 66.7 Å². The molecule has 4 amide bonds. The third-order valence-electron chi connectivity index (χ3n) is 14.4. The van der Waals surface area contributed by atoms with E-state index in [9.17, 15) is 39.0 Å². The van der Waals surface area contributed by atoms with E-state index in [0.29, 0.717) is 17.5 Å². The first-order valence-corrected chi connectivity index (χ1v) is 22.9. The first kappa shape index (κ1) is 47.5. The van der Waals surface area contributed by atoms with Gasteiger partial charge < -0.3 is 44.6 Å². The lowest BCUT2D eigenvalue weighted by molar-refractivity contribution is -0.251. The number of aldehydes is 1. The Morgan fingerprint density at radius 3 is 2.41 bits per heavy atom. The minimum absolute atomic E-state index is 0.00532. The average molecular weight is 934 g/mol. The standard InChI is InChI=1S/C48H53F2N3O12S/c1-45-15-12-30(55)23-35(45)36(49)24-34-33-25-39-48(38(57)27-54,46(33,2)26-37(56)47(34,45)50)65-44(64-39)28-6-8-31(9-7-28)66-32-5-3-4-29(22-32)52-41(59)14-18-62-20-21-63-19-16-51-40(58)13-17-53-42(60)10-11-43(53)61/h3-12,15,22-23,27,33-34,36-39,44,56-57H,13-14,16-21,24-26H2,1-2H3,(H,51,58)(H,52,59)/t33-,34-,36-,37-,38-,39+,44+,45-,46-,47-,48+/m0/s1. The number of amides is 4. The number of ketones is 1. The molecule has 0 spiro atoms. The molecule has 66 heavy (non-hydrogen) atoms. The number of aliphatic hydroxyl groups excluding tert-OH is 2. The van der Waals surface area contributed by atoms with Gasteiger partial charge in [-0.2, -0.15) is 0 Å². The zero-order valence-electron chi connectivity index (χ0n) is 36.5. The molecule has 0 bridgehead atoms. The lowest BCUT2D eigenvalue weighted by Gasteiger charge is -2.63. The van der Waals surface area contributed by atoms with Crippen molar-refractivity contribution in [3.63, 3.8) is 0 Å². The number of carbonyl (C=O) groups excluding carboxylic acids is 6. The number of allylic oxidation sites excluding steroid dienone is 4. The van der Waals surface area contributed by atoms with Crippen LogP contribution in [0.4, 0.5) is 14.5 Å². The molecule has 11 atom stereocenters. The smallest absolute Gasteiger partial charge is 0.253 e. The van der Waals surface area contributed by atoms with Gasteiger partial charge in [-0.25, -0.2) is 8.78 Å². The number of alkyl halides is 2. The van der Waals surface area contributed by atoms with Crippen LogP contribution in [0.15, 0.2) is 94.3 Å².